The molecule has 38 nitrogen and oxygen atoms in total. The van der Waals surface area contributed by atoms with Crippen LogP contribution >= 0.6 is 0 Å². The number of rotatable bonds is 47. The topological polar surface area (TPSA) is 508 Å². The monoisotopic (exact) mass is 1740 g/mol. The van der Waals surface area contributed by atoms with Gasteiger partial charge in [0.2, 0.25) is 24.4 Å². The number of aliphatic hydroxyl groups is 8. The number of benzene rings is 4. The number of nitrogens with one attached hydrogen (secondary N) is 2. The van der Waals surface area contributed by atoms with Crippen LogP contribution in [0.3, 0.4) is 0 Å². The zero-order chi connectivity index (χ0) is 89.3. The van der Waals surface area contributed by atoms with Crippen molar-refractivity contribution in [3.8, 4) is 28.7 Å². The summed E-state index contributed by atoms with van der Waals surface area (Å²) in [6.45, 7) is 11.3. The van der Waals surface area contributed by atoms with Crippen LogP contribution in [0.5, 0.6) is 28.7 Å². The Labute approximate surface area is 717 Å². The standard InChI is InChI=1S/C86H115N7O31/c1-7-25-114-48-74(100)89-58(65(96)19-15-30-122-87)16-9-10-24-88-73(99)47-115-32-31-113-27-14-18-64(95)57-37-53(21-23-69(57)124-84-78(104)76(102)67(98)46-119-84)43-120-85(109)92-59-39-70(51(4)35-54(59)79(105)90-41-49(2)33-61(90)81(92)107)116-28-11-8-12-29-117-72-40-60-55(38-71(72)112-6)80(106)91-42-50(3)34-62(91)82(108)93(60)86(110)121-44-52-20-22-68(56(36-52)63(94)17-13-26-111-5)123-83-77(103)75(101)66(97)45-118-83/h20-23,35-40,58,61-62,66-67,75-78,81-84,97-98,101-104,107-108H,2-3,7-19,24-34,41-48,87H2,1,4-6H3,(H,88,99)(H,89,100)/t58?,61-,62-,66+,67+,75-,76-,77+,78+,81?,82?,83-,84-/m0/s1. The van der Waals surface area contributed by atoms with Crippen LogP contribution in [0.25, 0.3) is 0 Å². The molecule has 3 unspecified atom stereocenters. The minimum atomic E-state index is -1.73. The molecule has 0 saturated carbocycles. The average Bonchev–Trinajstić information content (AvgIpc) is 1.60. The van der Waals surface area contributed by atoms with Gasteiger partial charge in [-0.1, -0.05) is 43.4 Å². The first kappa shape index (κ1) is 96.4. The number of carbonyl (C=O) groups excluding carboxylic acids is 9. The maximum atomic E-state index is 14.7. The molecule has 4 saturated heterocycles. The van der Waals surface area contributed by atoms with Crippen LogP contribution in [0.15, 0.2) is 85.0 Å². The summed E-state index contributed by atoms with van der Waals surface area (Å²) in [6.07, 6.45) is -13.1. The largest absolute Gasteiger partial charge is 0.493 e. The zero-order valence-corrected chi connectivity index (χ0v) is 70.2. The van der Waals surface area contributed by atoms with E-state index < -0.39 is 141 Å². The molecule has 124 heavy (non-hydrogen) atoms. The number of aliphatic hydroxyl groups excluding tert-OH is 8. The predicted octanol–water partition coefficient (Wildman–Crippen LogP) is 3.80. The molecule has 12 N–H and O–H groups in total. The number of aryl methyl sites for hydroxylation is 1. The summed E-state index contributed by atoms with van der Waals surface area (Å²) in [7, 11) is 2.86. The number of ketones is 3. The van der Waals surface area contributed by atoms with Crippen LogP contribution < -0.4 is 50.0 Å². The third-order valence-electron chi connectivity index (χ3n) is 21.7. The lowest BCUT2D eigenvalue weighted by atomic mass is 10.0. The second-order valence-corrected chi connectivity index (χ2v) is 31.1. The van der Waals surface area contributed by atoms with Crippen molar-refractivity contribution in [3.05, 3.63) is 124 Å². The van der Waals surface area contributed by atoms with Crippen molar-refractivity contribution in [3.63, 3.8) is 0 Å². The number of nitrogens with two attached hydrogens (primary N) is 1. The Hall–Kier alpha value is -9.85. The van der Waals surface area contributed by atoms with Crippen molar-refractivity contribution in [2.24, 2.45) is 5.90 Å². The number of fused-ring (bicyclic) bond motifs is 4. The third-order valence-corrected chi connectivity index (χ3v) is 21.7. The van der Waals surface area contributed by atoms with Gasteiger partial charge in [-0.05, 0) is 137 Å². The molecule has 10 rings (SSSR count). The van der Waals surface area contributed by atoms with E-state index >= 15 is 0 Å². The van der Waals surface area contributed by atoms with Crippen LogP contribution in [0.1, 0.15) is 161 Å². The smallest absolute Gasteiger partial charge is 0.416 e. The number of unbranched alkanes of at least 4 members (excludes halogenated alkanes) is 3. The van der Waals surface area contributed by atoms with Crippen LogP contribution in [0.2, 0.25) is 0 Å². The fourth-order valence-corrected chi connectivity index (χ4v) is 15.0. The van der Waals surface area contributed by atoms with Gasteiger partial charge in [0.15, 0.2) is 41.3 Å². The quantitative estimate of drug-likeness (QED) is 0.0130. The number of nitrogens with zero attached hydrogens (tertiary/aromatic N) is 4. The summed E-state index contributed by atoms with van der Waals surface area (Å²) in [5.41, 5.74) is 2.30. The predicted molar refractivity (Wildman–Crippen MR) is 438 cm³/mol. The van der Waals surface area contributed by atoms with Crippen LogP contribution in [-0.4, -0.2) is 297 Å². The van der Waals surface area contributed by atoms with Gasteiger partial charge in [0.25, 0.3) is 11.8 Å². The Bertz CT molecular complexity index is 4380. The molecule has 6 amide bonds. The molecular weight excluding hydrogens is 1630 g/mol. The zero-order valence-electron chi connectivity index (χ0n) is 70.2. The van der Waals surface area contributed by atoms with Crippen molar-refractivity contribution in [2.45, 2.75) is 203 Å². The molecule has 0 bridgehead atoms. The number of hydrogen-bond acceptors (Lipinski definition) is 32. The summed E-state index contributed by atoms with van der Waals surface area (Å²) in [5, 5.41) is 92.3. The molecule has 4 aromatic rings. The number of anilines is 2. The molecule has 0 spiro atoms. The number of Topliss-reactive ketones (excluding diaryl/α,β-unsaturated/α-hetero) is 3. The summed E-state index contributed by atoms with van der Waals surface area (Å²) in [4.78, 5) is 133. The Morgan fingerprint density at radius 3 is 1.59 bits per heavy atom. The van der Waals surface area contributed by atoms with Crippen molar-refractivity contribution in [1.29, 1.82) is 0 Å². The van der Waals surface area contributed by atoms with Crippen molar-refractivity contribution in [2.75, 3.05) is 123 Å². The summed E-state index contributed by atoms with van der Waals surface area (Å²) in [5.74, 6) is 2.65. The van der Waals surface area contributed by atoms with E-state index in [1.807, 2.05) is 6.92 Å². The second-order valence-electron chi connectivity index (χ2n) is 31.1. The third kappa shape index (κ3) is 25.3. The van der Waals surface area contributed by atoms with Crippen LogP contribution in [0, 0.1) is 6.92 Å². The van der Waals surface area contributed by atoms with Gasteiger partial charge in [-0.25, -0.2) is 25.3 Å². The molecule has 0 aromatic heterocycles. The minimum Gasteiger partial charge on any atom is -0.493 e. The van der Waals surface area contributed by atoms with Crippen molar-refractivity contribution >= 4 is 64.5 Å². The van der Waals surface area contributed by atoms with Gasteiger partial charge >= 0.3 is 12.2 Å². The fraction of sp³-hybridized carbons (Fsp3) is 0.570. The number of hydrogen-bond donors (Lipinski definition) is 11. The van der Waals surface area contributed by atoms with E-state index in [0.29, 0.717) is 86.8 Å². The number of ether oxygens (including phenoxy) is 13. The van der Waals surface area contributed by atoms with Gasteiger partial charge in [0.05, 0.1) is 105 Å². The first-order valence-corrected chi connectivity index (χ1v) is 41.6. The lowest BCUT2D eigenvalue weighted by Crippen LogP contribution is -2.54. The van der Waals surface area contributed by atoms with Gasteiger partial charge in [-0.2, -0.15) is 0 Å². The molecule has 0 aliphatic carbocycles. The van der Waals surface area contributed by atoms with E-state index in [2.05, 4.69) is 28.6 Å². The first-order valence-electron chi connectivity index (χ1n) is 41.6. The lowest BCUT2D eigenvalue weighted by Gasteiger charge is -2.35. The van der Waals surface area contributed by atoms with Crippen molar-refractivity contribution in [1.82, 2.24) is 20.4 Å². The van der Waals surface area contributed by atoms with Crippen LogP contribution in [-0.2, 0) is 70.3 Å². The lowest BCUT2D eigenvalue weighted by molar-refractivity contribution is -0.242. The number of amides is 6. The van der Waals surface area contributed by atoms with Gasteiger partial charge in [0.1, 0.15) is 80.3 Å². The van der Waals surface area contributed by atoms with E-state index in [1.165, 1.54) is 78.6 Å². The maximum Gasteiger partial charge on any atom is 0.416 e. The Morgan fingerprint density at radius 1 is 0.540 bits per heavy atom. The molecule has 6 aliphatic heterocycles. The fourth-order valence-electron chi connectivity index (χ4n) is 15.0. The SMILES string of the molecule is C=C1C[C@H]2C(O)N(C(=O)OCc3ccc(O[C@@H]4OC[C@@H](O)[C@H](O)[C@H]4O)c(C(=O)CCCOCCOCC(=O)NCCCCC(NC(=O)COCCC)C(=O)CCCON)c3)c3cc(OCCCCCOc4cc5c(cc4OC)C(=O)N4CC(=C)C[C@H]4C(O)N5C(=O)OCc4ccc(O[C@@H]5OC[C@@H](O)[C@H](O)[C@H]5O)c(C(=O)CCCOC)c4)c(C)cc3C(=O)N2C1. The van der Waals surface area contributed by atoms with Crippen molar-refractivity contribution < 1.29 is 150 Å². The normalized spacial score (nSPS) is 22.5. The molecule has 4 fully saturated rings. The molecule has 38 heteroatoms. The maximum absolute atomic E-state index is 14.7. The van der Waals surface area contributed by atoms with Crippen LogP contribution in [0.4, 0.5) is 21.0 Å². The van der Waals surface area contributed by atoms with Gasteiger partial charge in [0, 0.05) is 78.0 Å². The molecule has 13 atom stereocenters. The van der Waals surface area contributed by atoms with E-state index in [-0.39, 0.29) is 197 Å². The summed E-state index contributed by atoms with van der Waals surface area (Å²) in [6, 6.07) is 11.8. The van der Waals surface area contributed by atoms with Gasteiger partial charge in [-0.3, -0.25) is 33.6 Å². The van der Waals surface area contributed by atoms with E-state index in [4.69, 9.17) is 67.5 Å². The molecule has 6 aliphatic rings. The highest BCUT2D eigenvalue weighted by molar-refractivity contribution is 6.07. The molecule has 680 valence electrons. The van der Waals surface area contributed by atoms with E-state index in [1.54, 1.807) is 13.0 Å². The Kier molecular flexibility index (Phi) is 36.5. The highest BCUT2D eigenvalue weighted by Crippen LogP contribution is 2.44. The highest BCUT2D eigenvalue weighted by Gasteiger charge is 2.49. The molecule has 0 radical (unpaired) electrons. The van der Waals surface area contributed by atoms with E-state index in [9.17, 15) is 84.0 Å². The summed E-state index contributed by atoms with van der Waals surface area (Å²) < 4.78 is 74.6. The van der Waals surface area contributed by atoms with Gasteiger partial charge in [-0.15, -0.1) is 0 Å². The van der Waals surface area contributed by atoms with E-state index in [0.717, 1.165) is 16.2 Å². The second kappa shape index (κ2) is 46.9. The van der Waals surface area contributed by atoms with Gasteiger partial charge < -0.3 is 128 Å². The minimum absolute atomic E-state index is 0.00757. The number of methoxy groups -OCH3 is 2. The Morgan fingerprint density at radius 2 is 1.05 bits per heavy atom. The molecular formula is C86H115N7O31. The molecule has 6 heterocycles. The Balaban J connectivity index is 0.744. The summed E-state index contributed by atoms with van der Waals surface area (Å²) >= 11 is 0. The highest BCUT2D eigenvalue weighted by atomic mass is 16.7. The number of carbonyl (C=O) groups is 9. The molecule has 4 aromatic carbocycles. The average molecular weight is 1740 g/mol. The first-order chi connectivity index (χ1) is 59.6.